The Kier molecular flexibility index (Phi) is 8.11. The predicted octanol–water partition coefficient (Wildman–Crippen LogP) is 3.21. The van der Waals surface area contributed by atoms with Gasteiger partial charge in [-0.15, -0.1) is 0 Å². The van der Waals surface area contributed by atoms with Crippen LogP contribution in [0, 0.1) is 5.82 Å². The molecule has 0 spiro atoms. The van der Waals surface area contributed by atoms with Crippen LogP contribution in [0.2, 0.25) is 0 Å². The van der Waals surface area contributed by atoms with Gasteiger partial charge in [0.2, 0.25) is 5.09 Å². The van der Waals surface area contributed by atoms with Gasteiger partial charge in [-0.05, 0) is 57.0 Å². The lowest BCUT2D eigenvalue weighted by atomic mass is 10.0. The first-order valence-corrected chi connectivity index (χ1v) is 14.9. The molecule has 5 rings (SSSR count). The summed E-state index contributed by atoms with van der Waals surface area (Å²) >= 11 is 0. The van der Waals surface area contributed by atoms with E-state index in [1.54, 1.807) is 13.8 Å². The van der Waals surface area contributed by atoms with Gasteiger partial charge in [0.05, 0.1) is 18.0 Å². The molecule has 0 aliphatic carbocycles. The van der Waals surface area contributed by atoms with Crippen molar-refractivity contribution in [2.45, 2.75) is 62.6 Å². The molecule has 1 aliphatic heterocycles. The summed E-state index contributed by atoms with van der Waals surface area (Å²) < 4.78 is 87.5. The zero-order valence-electron chi connectivity index (χ0n) is 23.3. The van der Waals surface area contributed by atoms with Gasteiger partial charge in [-0.2, -0.15) is 17.5 Å². The maximum absolute atomic E-state index is 13.6. The zero-order chi connectivity index (χ0) is 32.1. The number of carbonyl (C=O) groups is 1. The van der Waals surface area contributed by atoms with Crippen LogP contribution in [0.1, 0.15) is 44.0 Å². The van der Waals surface area contributed by atoms with Gasteiger partial charge in [0.15, 0.2) is 5.78 Å². The molecule has 1 saturated heterocycles. The molecule has 0 radical (unpaired) electrons. The molecule has 1 N–H and O–H groups in total. The van der Waals surface area contributed by atoms with Crippen molar-refractivity contribution in [2.24, 2.45) is 0 Å². The number of pyridine rings is 1. The SMILES string of the molecule is CC(C)n1c(=O)c(CCC(=O)[C@@H]2[C@@H](O)CCN2S(=O)(=O)c2cc3cc(F)ccc3o2)cn(-c2ccc(C(F)(F)F)nc2)c1=O. The number of sulfonamides is 1. The molecule has 3 aromatic heterocycles. The van der Waals surface area contributed by atoms with E-state index in [9.17, 15) is 45.5 Å². The van der Waals surface area contributed by atoms with Gasteiger partial charge < -0.3 is 9.52 Å². The minimum Gasteiger partial charge on any atom is -0.443 e. The number of carbonyl (C=O) groups excluding carboxylic acids is 1. The number of aryl methyl sites for hydroxylation is 1. The third-order valence-electron chi connectivity index (χ3n) is 7.33. The molecule has 234 valence electrons. The molecule has 2 atom stereocenters. The molecule has 0 unspecified atom stereocenters. The molecule has 4 aromatic rings. The second-order valence-electron chi connectivity index (χ2n) is 10.6. The van der Waals surface area contributed by atoms with Crippen LogP contribution in [0.5, 0.6) is 0 Å². The number of benzene rings is 1. The normalized spacial score (nSPS) is 18.0. The summed E-state index contributed by atoms with van der Waals surface area (Å²) in [6, 6.07) is 4.09. The van der Waals surface area contributed by atoms with Crippen LogP contribution in [-0.2, 0) is 27.4 Å². The Morgan fingerprint density at radius 3 is 2.52 bits per heavy atom. The number of halogens is 4. The lowest BCUT2D eigenvalue weighted by Gasteiger charge is -2.23. The van der Waals surface area contributed by atoms with E-state index >= 15 is 0 Å². The number of furan rings is 1. The van der Waals surface area contributed by atoms with Gasteiger partial charge >= 0.3 is 11.9 Å². The van der Waals surface area contributed by atoms with Crippen LogP contribution < -0.4 is 11.2 Å². The lowest BCUT2D eigenvalue weighted by Crippen LogP contribution is -2.45. The number of aromatic nitrogens is 3. The van der Waals surface area contributed by atoms with E-state index in [1.165, 1.54) is 6.07 Å². The van der Waals surface area contributed by atoms with Crippen molar-refractivity contribution in [3.8, 4) is 5.69 Å². The van der Waals surface area contributed by atoms with Gasteiger partial charge in [0.25, 0.3) is 15.6 Å². The monoisotopic (exact) mass is 638 g/mol. The highest BCUT2D eigenvalue weighted by Crippen LogP contribution is 2.32. The minimum absolute atomic E-state index is 0.0484. The van der Waals surface area contributed by atoms with Crippen molar-refractivity contribution >= 4 is 26.8 Å². The minimum atomic E-state index is -4.71. The van der Waals surface area contributed by atoms with Crippen LogP contribution in [-0.4, -0.2) is 56.4 Å². The van der Waals surface area contributed by atoms with E-state index in [4.69, 9.17) is 4.42 Å². The quantitative estimate of drug-likeness (QED) is 0.290. The maximum atomic E-state index is 13.6. The van der Waals surface area contributed by atoms with Crippen LogP contribution in [0.15, 0.2) is 67.9 Å². The van der Waals surface area contributed by atoms with Gasteiger partial charge in [-0.25, -0.2) is 22.6 Å². The molecule has 1 fully saturated rings. The Bertz CT molecular complexity index is 1960. The van der Waals surface area contributed by atoms with Gasteiger partial charge in [-0.3, -0.25) is 18.7 Å². The first-order chi connectivity index (χ1) is 20.6. The molecule has 1 aliphatic rings. The molecular weight excluding hydrogens is 612 g/mol. The second-order valence-corrected chi connectivity index (χ2v) is 12.4. The zero-order valence-corrected chi connectivity index (χ0v) is 24.1. The summed E-state index contributed by atoms with van der Waals surface area (Å²) in [5.41, 5.74) is -2.75. The molecule has 16 heteroatoms. The molecule has 11 nitrogen and oxygen atoms in total. The predicted molar refractivity (Wildman–Crippen MR) is 147 cm³/mol. The summed E-state index contributed by atoms with van der Waals surface area (Å²) in [7, 11) is -4.45. The van der Waals surface area contributed by atoms with Crippen LogP contribution in [0.4, 0.5) is 17.6 Å². The Hall–Kier alpha value is -4.15. The van der Waals surface area contributed by atoms with Crippen LogP contribution >= 0.6 is 0 Å². The van der Waals surface area contributed by atoms with Crippen molar-refractivity contribution in [2.75, 3.05) is 6.54 Å². The molecule has 4 heterocycles. The Balaban J connectivity index is 1.43. The molecule has 1 aromatic carbocycles. The third kappa shape index (κ3) is 5.71. The second kappa shape index (κ2) is 11.4. The number of nitrogens with zero attached hydrogens (tertiary/aromatic N) is 4. The van der Waals surface area contributed by atoms with Crippen molar-refractivity contribution in [1.82, 2.24) is 18.4 Å². The van der Waals surface area contributed by atoms with E-state index in [2.05, 4.69) is 4.98 Å². The number of hydrogen-bond acceptors (Lipinski definition) is 8. The third-order valence-corrected chi connectivity index (χ3v) is 9.07. The maximum Gasteiger partial charge on any atom is 0.433 e. The van der Waals surface area contributed by atoms with Crippen molar-refractivity contribution in [1.29, 1.82) is 0 Å². The summed E-state index contributed by atoms with van der Waals surface area (Å²) in [6.07, 6.45) is -4.89. The number of aliphatic hydroxyl groups excluding tert-OH is 1. The van der Waals surface area contributed by atoms with Crippen molar-refractivity contribution in [3.63, 3.8) is 0 Å². The fraction of sp³-hybridized carbons (Fsp3) is 0.357. The van der Waals surface area contributed by atoms with Crippen molar-refractivity contribution in [3.05, 3.63) is 86.7 Å². The number of ketones is 1. The summed E-state index contributed by atoms with van der Waals surface area (Å²) in [5, 5.41) is 10.2. The Morgan fingerprint density at radius 1 is 1.16 bits per heavy atom. The average molecular weight is 639 g/mol. The number of alkyl halides is 3. The first kappa shape index (κ1) is 31.3. The number of hydrogen-bond donors (Lipinski definition) is 1. The van der Waals surface area contributed by atoms with E-state index < -0.39 is 74.4 Å². The molecule has 0 bridgehead atoms. The van der Waals surface area contributed by atoms with E-state index in [0.29, 0.717) is 6.07 Å². The van der Waals surface area contributed by atoms with E-state index in [0.717, 1.165) is 50.1 Å². The number of Topliss-reactive ketones (excluding diaryl/α,β-unsaturated/α-hetero) is 1. The molecule has 44 heavy (non-hydrogen) atoms. The largest absolute Gasteiger partial charge is 0.443 e. The number of rotatable bonds is 8. The van der Waals surface area contributed by atoms with Gasteiger partial charge in [0.1, 0.15) is 23.1 Å². The summed E-state index contributed by atoms with van der Waals surface area (Å²) in [6.45, 7) is 2.89. The Morgan fingerprint density at radius 2 is 1.89 bits per heavy atom. The lowest BCUT2D eigenvalue weighted by molar-refractivity contribution is -0.141. The van der Waals surface area contributed by atoms with Crippen LogP contribution in [0.3, 0.4) is 0 Å². The van der Waals surface area contributed by atoms with Gasteiger partial charge in [-0.1, -0.05) is 0 Å². The molecular formula is C28H26F4N4O7S. The molecule has 0 amide bonds. The summed E-state index contributed by atoms with van der Waals surface area (Å²) in [4.78, 5) is 43.0. The Labute approximate surface area is 247 Å². The summed E-state index contributed by atoms with van der Waals surface area (Å²) in [5.74, 6) is -1.32. The number of fused-ring (bicyclic) bond motifs is 1. The average Bonchev–Trinajstić information content (AvgIpc) is 3.56. The first-order valence-electron chi connectivity index (χ1n) is 13.4. The smallest absolute Gasteiger partial charge is 0.433 e. The number of aliphatic hydroxyl groups is 1. The van der Waals surface area contributed by atoms with E-state index in [1.807, 2.05) is 0 Å². The fourth-order valence-electron chi connectivity index (χ4n) is 5.16. The fourth-order valence-corrected chi connectivity index (χ4v) is 6.77. The highest BCUT2D eigenvalue weighted by molar-refractivity contribution is 7.89. The van der Waals surface area contributed by atoms with E-state index in [-0.39, 0.29) is 41.6 Å². The standard InChI is InChI=1S/C28H26F4N4O7S/c1-15(2)36-26(39)16(14-34(27(36)40)19-5-8-23(33-13-19)28(30,31)32)3-6-20(37)25-21(38)9-10-35(25)44(41,42)24-12-17-11-18(29)4-7-22(17)43-24/h4-5,7-8,11-15,21,25,38H,3,6,9-10H2,1-2H3/t21-,25+/m0/s1. The highest BCUT2D eigenvalue weighted by atomic mass is 32.2. The van der Waals surface area contributed by atoms with Crippen LogP contribution in [0.25, 0.3) is 16.7 Å². The highest BCUT2D eigenvalue weighted by Gasteiger charge is 2.46. The molecule has 0 saturated carbocycles. The topological polar surface area (TPSA) is 145 Å². The van der Waals surface area contributed by atoms with Gasteiger partial charge in [0, 0.05) is 42.2 Å². The van der Waals surface area contributed by atoms with Crippen molar-refractivity contribution < 1.29 is 40.3 Å².